The minimum Gasteiger partial charge on any atom is -0.348 e. The molecule has 0 aliphatic carbocycles. The molecule has 26 heavy (non-hydrogen) atoms. The predicted octanol–water partition coefficient (Wildman–Crippen LogP) is 6.20. The topological polar surface area (TPSA) is 16.1 Å². The number of hydrogen-bond donors (Lipinski definition) is 0. The third-order valence-corrected chi connectivity index (χ3v) is 5.06. The van der Waals surface area contributed by atoms with E-state index in [4.69, 9.17) is 4.98 Å². The van der Waals surface area contributed by atoms with Crippen LogP contribution in [0.5, 0.6) is 0 Å². The van der Waals surface area contributed by atoms with E-state index in [0.29, 0.717) is 0 Å². The van der Waals surface area contributed by atoms with E-state index < -0.39 is 0 Å². The lowest BCUT2D eigenvalue weighted by molar-refractivity contribution is 0.786. The molecule has 3 heteroatoms. The number of hydrogen-bond acceptors (Lipinski definition) is 2. The van der Waals surface area contributed by atoms with Crippen molar-refractivity contribution >= 4 is 32.7 Å². The maximum absolute atomic E-state index is 4.92. The summed E-state index contributed by atoms with van der Waals surface area (Å²) in [6.07, 6.45) is 0. The Kier molecular flexibility index (Phi) is 4.98. The Hall–Kier alpha value is -2.65. The Labute approximate surface area is 162 Å². The number of anilines is 1. The Morgan fingerprint density at radius 1 is 0.692 bits per heavy atom. The first kappa shape index (κ1) is 16.8. The molecular weight excluding hydrogens is 384 g/mol. The highest BCUT2D eigenvalue weighted by molar-refractivity contribution is 9.10. The number of fused-ring (bicyclic) bond motifs is 1. The standard InChI is InChI=1S/C23H19BrN2/c24-21-15-23(25-22-14-8-7-13-20(21)22)26(16-18-9-3-1-4-10-18)17-19-11-5-2-6-12-19/h1-15H,16-17H2. The molecule has 4 aromatic rings. The summed E-state index contributed by atoms with van der Waals surface area (Å²) in [7, 11) is 0. The van der Waals surface area contributed by atoms with Gasteiger partial charge in [0.15, 0.2) is 0 Å². The summed E-state index contributed by atoms with van der Waals surface area (Å²) in [5.74, 6) is 0.975. The van der Waals surface area contributed by atoms with Gasteiger partial charge in [-0.05, 0) is 39.2 Å². The zero-order valence-electron chi connectivity index (χ0n) is 14.3. The largest absolute Gasteiger partial charge is 0.348 e. The SMILES string of the molecule is Brc1cc(N(Cc2ccccc2)Cc2ccccc2)nc2ccccc12. The molecule has 0 aliphatic heterocycles. The van der Waals surface area contributed by atoms with Gasteiger partial charge >= 0.3 is 0 Å². The van der Waals surface area contributed by atoms with Gasteiger partial charge in [-0.15, -0.1) is 0 Å². The summed E-state index contributed by atoms with van der Waals surface area (Å²) < 4.78 is 1.07. The molecule has 0 N–H and O–H groups in total. The summed E-state index contributed by atoms with van der Waals surface area (Å²) in [5.41, 5.74) is 3.55. The molecule has 1 heterocycles. The lowest BCUT2D eigenvalue weighted by Crippen LogP contribution is -2.23. The van der Waals surface area contributed by atoms with Crippen molar-refractivity contribution < 1.29 is 0 Å². The molecule has 0 aliphatic rings. The molecule has 0 atom stereocenters. The molecule has 1 aromatic heterocycles. The van der Waals surface area contributed by atoms with Gasteiger partial charge in [-0.2, -0.15) is 0 Å². The second-order valence-corrected chi connectivity index (χ2v) is 7.16. The molecule has 128 valence electrons. The van der Waals surface area contributed by atoms with Crippen LogP contribution in [0.3, 0.4) is 0 Å². The lowest BCUT2D eigenvalue weighted by atomic mass is 10.1. The molecule has 0 fully saturated rings. The highest BCUT2D eigenvalue weighted by Crippen LogP contribution is 2.28. The number of para-hydroxylation sites is 1. The average Bonchev–Trinajstić information content (AvgIpc) is 2.69. The van der Waals surface area contributed by atoms with E-state index in [1.165, 1.54) is 11.1 Å². The first-order valence-corrected chi connectivity index (χ1v) is 9.47. The molecule has 0 saturated carbocycles. The third-order valence-electron chi connectivity index (χ3n) is 4.41. The molecule has 0 saturated heterocycles. The molecule has 0 spiro atoms. The van der Waals surface area contributed by atoms with Crippen LogP contribution < -0.4 is 4.90 Å². The average molecular weight is 403 g/mol. The summed E-state index contributed by atoms with van der Waals surface area (Å²) in [6.45, 7) is 1.63. The van der Waals surface area contributed by atoms with Crippen LogP contribution in [0.25, 0.3) is 10.9 Å². The van der Waals surface area contributed by atoms with E-state index in [0.717, 1.165) is 34.3 Å². The van der Waals surface area contributed by atoms with Crippen LogP contribution in [-0.4, -0.2) is 4.98 Å². The van der Waals surface area contributed by atoms with Gasteiger partial charge in [0.05, 0.1) is 5.52 Å². The number of nitrogens with zero attached hydrogens (tertiary/aromatic N) is 2. The summed E-state index contributed by atoms with van der Waals surface area (Å²) in [4.78, 5) is 7.25. The van der Waals surface area contributed by atoms with Gasteiger partial charge in [-0.25, -0.2) is 4.98 Å². The number of aromatic nitrogens is 1. The quantitative estimate of drug-likeness (QED) is 0.394. The first-order chi connectivity index (χ1) is 12.8. The number of halogens is 1. The molecule has 3 aromatic carbocycles. The fourth-order valence-electron chi connectivity index (χ4n) is 3.11. The third kappa shape index (κ3) is 3.78. The van der Waals surface area contributed by atoms with Crippen molar-refractivity contribution in [3.05, 3.63) is 107 Å². The van der Waals surface area contributed by atoms with Crippen LogP contribution in [0.15, 0.2) is 95.5 Å². The van der Waals surface area contributed by atoms with Gasteiger partial charge in [0.2, 0.25) is 0 Å². The zero-order chi connectivity index (χ0) is 17.8. The van der Waals surface area contributed by atoms with E-state index in [-0.39, 0.29) is 0 Å². The Balaban J connectivity index is 1.74. The highest BCUT2D eigenvalue weighted by Gasteiger charge is 2.12. The maximum Gasteiger partial charge on any atom is 0.130 e. The monoisotopic (exact) mass is 402 g/mol. The van der Waals surface area contributed by atoms with Crippen LogP contribution in [0, 0.1) is 0 Å². The molecular formula is C23H19BrN2. The lowest BCUT2D eigenvalue weighted by Gasteiger charge is -2.25. The van der Waals surface area contributed by atoms with Crippen molar-refractivity contribution in [2.24, 2.45) is 0 Å². The van der Waals surface area contributed by atoms with Crippen LogP contribution >= 0.6 is 15.9 Å². The molecule has 2 nitrogen and oxygen atoms in total. The second kappa shape index (κ2) is 7.71. The summed E-state index contributed by atoms with van der Waals surface area (Å²) >= 11 is 3.72. The number of rotatable bonds is 5. The minimum absolute atomic E-state index is 0.813. The van der Waals surface area contributed by atoms with Crippen molar-refractivity contribution in [3.63, 3.8) is 0 Å². The van der Waals surface area contributed by atoms with Gasteiger partial charge < -0.3 is 4.90 Å². The van der Waals surface area contributed by atoms with E-state index in [1.54, 1.807) is 0 Å². The maximum atomic E-state index is 4.92. The van der Waals surface area contributed by atoms with Crippen LogP contribution in [-0.2, 0) is 13.1 Å². The van der Waals surface area contributed by atoms with E-state index in [9.17, 15) is 0 Å². The Bertz CT molecular complexity index is 959. The van der Waals surface area contributed by atoms with Crippen LogP contribution in [0.2, 0.25) is 0 Å². The van der Waals surface area contributed by atoms with Gasteiger partial charge in [-0.3, -0.25) is 0 Å². The van der Waals surface area contributed by atoms with E-state index in [1.807, 2.05) is 12.1 Å². The van der Waals surface area contributed by atoms with Gasteiger partial charge in [0, 0.05) is 22.9 Å². The fourth-order valence-corrected chi connectivity index (χ4v) is 3.65. The molecule has 4 rings (SSSR count). The molecule has 0 unspecified atom stereocenters. The van der Waals surface area contributed by atoms with E-state index in [2.05, 4.69) is 99.7 Å². The zero-order valence-corrected chi connectivity index (χ0v) is 15.9. The van der Waals surface area contributed by atoms with Gasteiger partial charge in [0.1, 0.15) is 5.82 Å². The minimum atomic E-state index is 0.813. The highest BCUT2D eigenvalue weighted by atomic mass is 79.9. The number of pyridine rings is 1. The second-order valence-electron chi connectivity index (χ2n) is 6.31. The van der Waals surface area contributed by atoms with Crippen molar-refractivity contribution in [1.82, 2.24) is 4.98 Å². The Morgan fingerprint density at radius 2 is 1.23 bits per heavy atom. The van der Waals surface area contributed by atoms with Crippen molar-refractivity contribution in [3.8, 4) is 0 Å². The summed E-state index contributed by atoms with van der Waals surface area (Å²) in [5, 5.41) is 1.13. The van der Waals surface area contributed by atoms with Crippen LogP contribution in [0.1, 0.15) is 11.1 Å². The number of benzene rings is 3. The smallest absolute Gasteiger partial charge is 0.130 e. The predicted molar refractivity (Wildman–Crippen MR) is 112 cm³/mol. The Morgan fingerprint density at radius 3 is 1.85 bits per heavy atom. The fraction of sp³-hybridized carbons (Fsp3) is 0.0870. The van der Waals surface area contributed by atoms with Crippen LogP contribution in [0.4, 0.5) is 5.82 Å². The van der Waals surface area contributed by atoms with Gasteiger partial charge in [0.25, 0.3) is 0 Å². The van der Waals surface area contributed by atoms with Crippen molar-refractivity contribution in [2.75, 3.05) is 4.90 Å². The van der Waals surface area contributed by atoms with Crippen molar-refractivity contribution in [1.29, 1.82) is 0 Å². The summed E-state index contributed by atoms with van der Waals surface area (Å²) in [6, 6.07) is 31.4. The van der Waals surface area contributed by atoms with Gasteiger partial charge in [-0.1, -0.05) is 78.9 Å². The van der Waals surface area contributed by atoms with E-state index >= 15 is 0 Å². The first-order valence-electron chi connectivity index (χ1n) is 8.68. The normalized spacial score (nSPS) is 10.8. The molecule has 0 bridgehead atoms. The van der Waals surface area contributed by atoms with Crippen molar-refractivity contribution in [2.45, 2.75) is 13.1 Å². The molecule has 0 radical (unpaired) electrons. The molecule has 0 amide bonds.